The Morgan fingerprint density at radius 1 is 0.406 bits per heavy atom. The summed E-state index contributed by atoms with van der Waals surface area (Å²) in [6.07, 6.45) is 0. The highest BCUT2D eigenvalue weighted by Crippen LogP contribution is 2.56. The molecule has 0 amide bonds. The molecule has 13 rings (SSSR count). The van der Waals surface area contributed by atoms with Gasteiger partial charge in [-0.15, -0.1) is 0 Å². The fourth-order valence-corrected chi connectivity index (χ4v) is 10.6. The first-order chi connectivity index (χ1) is 31.5. The lowest BCUT2D eigenvalue weighted by Gasteiger charge is -2.30. The predicted octanol–water partition coefficient (Wildman–Crippen LogP) is 17.3. The predicted molar refractivity (Wildman–Crippen MR) is 265 cm³/mol. The maximum atomic E-state index is 7.31. The molecule has 0 unspecified atom stereocenters. The second-order valence-corrected chi connectivity index (χ2v) is 17.6. The molecule has 2 aliphatic rings. The average molecular weight is 820 g/mol. The minimum atomic E-state index is -0.180. The lowest BCUT2D eigenvalue weighted by Crippen LogP contribution is -2.17. The number of hydrogen-bond donors (Lipinski definition) is 0. The van der Waals surface area contributed by atoms with Crippen LogP contribution in [0.4, 0.5) is 17.1 Å². The fraction of sp³-hybridized carbons (Fsp3) is 0.0492. The molecule has 1 aliphatic carbocycles. The molecular formula is C61H41NO2. The van der Waals surface area contributed by atoms with Crippen LogP contribution in [0.3, 0.4) is 0 Å². The molecule has 1 aromatic heterocycles. The standard InChI is InChI=1S/C61H41NO2/c1-61(2)53-25-10-8-19-46(53)47-34-33-43(37-54(47)61)62(42-31-29-39(30-32-42)45-22-12-23-49-48-20-9-11-27-56(48)63-59(45)49)55-26-14-28-57-58(55)52-36-41-18-7-6-17-40(41)35-51(52)50-24-13-21-44(60(50)64-57)38-15-4-3-5-16-38/h3-37H,1-2H3. The molecule has 3 nitrogen and oxygen atoms in total. The van der Waals surface area contributed by atoms with Crippen molar-refractivity contribution in [2.24, 2.45) is 0 Å². The van der Waals surface area contributed by atoms with Crippen LogP contribution in [-0.4, -0.2) is 0 Å². The van der Waals surface area contributed by atoms with Gasteiger partial charge in [0.05, 0.1) is 5.69 Å². The third-order valence-corrected chi connectivity index (χ3v) is 13.7. The monoisotopic (exact) mass is 819 g/mol. The van der Waals surface area contributed by atoms with E-state index >= 15 is 0 Å². The molecule has 0 radical (unpaired) electrons. The zero-order valence-corrected chi connectivity index (χ0v) is 35.5. The first kappa shape index (κ1) is 36.5. The fourth-order valence-electron chi connectivity index (χ4n) is 10.6. The highest BCUT2D eigenvalue weighted by molar-refractivity contribution is 6.10. The molecule has 0 N–H and O–H groups in total. The van der Waals surface area contributed by atoms with E-state index in [0.29, 0.717) is 0 Å². The van der Waals surface area contributed by atoms with Crippen LogP contribution < -0.4 is 9.64 Å². The van der Waals surface area contributed by atoms with Gasteiger partial charge >= 0.3 is 0 Å². The summed E-state index contributed by atoms with van der Waals surface area (Å²) in [5.41, 5.74) is 18.7. The van der Waals surface area contributed by atoms with Gasteiger partial charge in [-0.1, -0.05) is 172 Å². The van der Waals surface area contributed by atoms with Gasteiger partial charge in [0.2, 0.25) is 0 Å². The highest BCUT2D eigenvalue weighted by Gasteiger charge is 2.36. The Morgan fingerprint density at radius 3 is 1.89 bits per heavy atom. The SMILES string of the molecule is CC1(C)c2ccccc2-c2ccc(N(c3ccc(-c4cccc5c4oc4ccccc45)cc3)c3cccc4c3-c3cc5ccccc5cc3-c3cccc(-c5ccccc5)c3O4)cc21. The Kier molecular flexibility index (Phi) is 7.95. The van der Waals surface area contributed by atoms with Gasteiger partial charge in [-0.3, -0.25) is 0 Å². The Morgan fingerprint density at radius 2 is 1.03 bits per heavy atom. The molecular weight excluding hydrogens is 779 g/mol. The first-order valence-electron chi connectivity index (χ1n) is 22.1. The normalized spacial score (nSPS) is 13.1. The number of para-hydroxylation sites is 3. The van der Waals surface area contributed by atoms with E-state index in [-0.39, 0.29) is 5.41 Å². The Balaban J connectivity index is 1.05. The van der Waals surface area contributed by atoms with Crippen molar-refractivity contribution < 1.29 is 9.15 Å². The van der Waals surface area contributed by atoms with Gasteiger partial charge in [0, 0.05) is 49.8 Å². The van der Waals surface area contributed by atoms with Crippen molar-refractivity contribution >= 4 is 49.8 Å². The molecule has 0 atom stereocenters. The molecule has 0 saturated heterocycles. The van der Waals surface area contributed by atoms with E-state index in [9.17, 15) is 0 Å². The number of benzene rings is 10. The van der Waals surface area contributed by atoms with Crippen molar-refractivity contribution in [1.82, 2.24) is 0 Å². The number of rotatable bonds is 5. The molecule has 0 bridgehead atoms. The van der Waals surface area contributed by atoms with Crippen molar-refractivity contribution in [3.05, 3.63) is 223 Å². The van der Waals surface area contributed by atoms with Crippen molar-refractivity contribution in [3.8, 4) is 67.1 Å². The Bertz CT molecular complexity index is 3670. The number of ether oxygens (including phenoxy) is 1. The van der Waals surface area contributed by atoms with Crippen molar-refractivity contribution in [2.75, 3.05) is 4.90 Å². The lowest BCUT2D eigenvalue weighted by molar-refractivity contribution is 0.489. The molecule has 302 valence electrons. The molecule has 0 spiro atoms. The molecule has 64 heavy (non-hydrogen) atoms. The Labute approximate surface area is 372 Å². The first-order valence-corrected chi connectivity index (χ1v) is 22.1. The number of furan rings is 1. The lowest BCUT2D eigenvalue weighted by atomic mass is 9.82. The minimum absolute atomic E-state index is 0.180. The van der Waals surface area contributed by atoms with Crippen LogP contribution >= 0.6 is 0 Å². The molecule has 2 heterocycles. The smallest absolute Gasteiger partial charge is 0.143 e. The summed E-state index contributed by atoms with van der Waals surface area (Å²) in [7, 11) is 0. The van der Waals surface area contributed by atoms with E-state index in [1.54, 1.807) is 0 Å². The van der Waals surface area contributed by atoms with E-state index in [1.807, 2.05) is 12.1 Å². The maximum Gasteiger partial charge on any atom is 0.143 e. The second-order valence-electron chi connectivity index (χ2n) is 17.6. The van der Waals surface area contributed by atoms with Crippen LogP contribution in [0.1, 0.15) is 25.0 Å². The summed E-state index contributed by atoms with van der Waals surface area (Å²) in [5, 5.41) is 4.61. The number of fused-ring (bicyclic) bond motifs is 12. The van der Waals surface area contributed by atoms with Gasteiger partial charge in [-0.2, -0.15) is 0 Å². The van der Waals surface area contributed by atoms with Gasteiger partial charge in [0.25, 0.3) is 0 Å². The van der Waals surface area contributed by atoms with Gasteiger partial charge in [0.15, 0.2) is 0 Å². The molecule has 1 aliphatic heterocycles. The minimum Gasteiger partial charge on any atom is -0.455 e. The molecule has 11 aromatic rings. The summed E-state index contributed by atoms with van der Waals surface area (Å²) >= 11 is 0. The number of anilines is 3. The number of nitrogens with zero attached hydrogens (tertiary/aromatic N) is 1. The van der Waals surface area contributed by atoms with Crippen LogP contribution in [0.15, 0.2) is 217 Å². The van der Waals surface area contributed by atoms with Gasteiger partial charge < -0.3 is 14.1 Å². The summed E-state index contributed by atoms with van der Waals surface area (Å²) in [6, 6.07) is 76.6. The number of hydrogen-bond acceptors (Lipinski definition) is 3. The van der Waals surface area contributed by atoms with E-state index in [2.05, 4.69) is 219 Å². The summed E-state index contributed by atoms with van der Waals surface area (Å²) < 4.78 is 13.8. The van der Waals surface area contributed by atoms with Crippen LogP contribution in [0.2, 0.25) is 0 Å². The molecule has 3 heteroatoms. The zero-order chi connectivity index (χ0) is 42.5. The second kappa shape index (κ2) is 13.9. The summed E-state index contributed by atoms with van der Waals surface area (Å²) in [5.74, 6) is 1.66. The third kappa shape index (κ3) is 5.47. The molecule has 10 aromatic carbocycles. The van der Waals surface area contributed by atoms with Crippen LogP contribution in [-0.2, 0) is 5.41 Å². The molecule has 0 saturated carbocycles. The van der Waals surface area contributed by atoms with E-state index in [0.717, 1.165) is 95.0 Å². The van der Waals surface area contributed by atoms with Crippen molar-refractivity contribution in [2.45, 2.75) is 19.3 Å². The Hall–Kier alpha value is -8.14. The van der Waals surface area contributed by atoms with Crippen LogP contribution in [0.25, 0.3) is 88.3 Å². The van der Waals surface area contributed by atoms with E-state index in [1.165, 1.54) is 33.0 Å². The quantitative estimate of drug-likeness (QED) is 0.173. The van der Waals surface area contributed by atoms with E-state index in [4.69, 9.17) is 9.15 Å². The zero-order valence-electron chi connectivity index (χ0n) is 35.5. The van der Waals surface area contributed by atoms with Crippen LogP contribution in [0.5, 0.6) is 11.5 Å². The van der Waals surface area contributed by atoms with Gasteiger partial charge in [-0.05, 0) is 110 Å². The maximum absolute atomic E-state index is 7.31. The van der Waals surface area contributed by atoms with E-state index < -0.39 is 0 Å². The average Bonchev–Trinajstić information content (AvgIpc) is 3.78. The van der Waals surface area contributed by atoms with Crippen molar-refractivity contribution in [1.29, 1.82) is 0 Å². The molecule has 0 fully saturated rings. The van der Waals surface area contributed by atoms with Crippen LogP contribution in [0, 0.1) is 0 Å². The van der Waals surface area contributed by atoms with Gasteiger partial charge in [0.1, 0.15) is 22.7 Å². The summed E-state index contributed by atoms with van der Waals surface area (Å²) in [6.45, 7) is 4.70. The van der Waals surface area contributed by atoms with Crippen molar-refractivity contribution in [3.63, 3.8) is 0 Å². The van der Waals surface area contributed by atoms with Gasteiger partial charge in [-0.25, -0.2) is 0 Å². The highest BCUT2D eigenvalue weighted by atomic mass is 16.5. The third-order valence-electron chi connectivity index (χ3n) is 13.7. The largest absolute Gasteiger partial charge is 0.455 e. The topological polar surface area (TPSA) is 25.6 Å². The summed E-state index contributed by atoms with van der Waals surface area (Å²) in [4.78, 5) is 2.43.